The highest BCUT2D eigenvalue weighted by atomic mass is 35.5. The van der Waals surface area contributed by atoms with Gasteiger partial charge in [0.15, 0.2) is 0 Å². The Kier molecular flexibility index (Phi) is 13.6. The maximum atomic E-state index is 13.1. The maximum absolute atomic E-state index is 13.1. The number of pyridine rings is 1. The molecule has 2 fully saturated rings. The van der Waals surface area contributed by atoms with Gasteiger partial charge in [-0.2, -0.15) is 0 Å². The number of aliphatic hydroxyl groups is 5. The second-order valence-corrected chi connectivity index (χ2v) is 14.3. The minimum atomic E-state index is -1.78. The van der Waals surface area contributed by atoms with Gasteiger partial charge in [0.2, 0.25) is 0 Å². The SMILES string of the molecule is O=C(NCCOCCS(=O)c1ccc(Cl)c(COC2(c3cnccc3-c3ccccc3OC3CC3)CC2)c1)NC[C@H](O)[C@@H](O)[C@H](O)[C@H](O)CO. The van der Waals surface area contributed by atoms with Crippen LogP contribution in [0.2, 0.25) is 5.02 Å². The van der Waals surface area contributed by atoms with Gasteiger partial charge in [0.25, 0.3) is 0 Å². The number of nitrogens with one attached hydrogen (secondary N) is 2. The Morgan fingerprint density at radius 3 is 2.50 bits per heavy atom. The quantitative estimate of drug-likeness (QED) is 0.0839. The van der Waals surface area contributed by atoms with Crippen molar-refractivity contribution in [3.8, 4) is 16.9 Å². The minimum absolute atomic E-state index is 0.116. The number of hydrogen-bond donors (Lipinski definition) is 7. The van der Waals surface area contributed by atoms with Crippen LogP contribution in [0.5, 0.6) is 5.75 Å². The first-order valence-electron chi connectivity index (χ1n) is 16.6. The number of benzene rings is 2. The van der Waals surface area contributed by atoms with Crippen molar-refractivity contribution in [2.24, 2.45) is 0 Å². The topological polar surface area (TPSA) is 200 Å². The van der Waals surface area contributed by atoms with Gasteiger partial charge < -0.3 is 50.4 Å². The average Bonchev–Trinajstić information content (AvgIpc) is 4.08. The Morgan fingerprint density at radius 1 is 1.00 bits per heavy atom. The first-order valence-corrected chi connectivity index (χ1v) is 18.3. The average molecular weight is 734 g/mol. The molecule has 1 unspecified atom stereocenters. The summed E-state index contributed by atoms with van der Waals surface area (Å²) in [5, 5.41) is 52.9. The van der Waals surface area contributed by atoms with Crippen LogP contribution in [0, 0.1) is 0 Å². The van der Waals surface area contributed by atoms with E-state index in [0.29, 0.717) is 9.92 Å². The summed E-state index contributed by atoms with van der Waals surface area (Å²) < 4.78 is 31.3. The van der Waals surface area contributed by atoms with Gasteiger partial charge in [-0.15, -0.1) is 0 Å². The molecule has 0 radical (unpaired) electrons. The molecular weight excluding hydrogens is 690 g/mol. The molecule has 5 rings (SSSR count). The Hall–Kier alpha value is -3.18. The molecule has 5 atom stereocenters. The van der Waals surface area contributed by atoms with Crippen molar-refractivity contribution in [3.63, 3.8) is 0 Å². The van der Waals surface area contributed by atoms with E-state index in [1.54, 1.807) is 24.4 Å². The smallest absolute Gasteiger partial charge is 0.314 e. The van der Waals surface area contributed by atoms with Crippen LogP contribution in [-0.2, 0) is 32.5 Å². The molecule has 2 saturated carbocycles. The zero-order chi connectivity index (χ0) is 35.7. The van der Waals surface area contributed by atoms with Crippen molar-refractivity contribution in [1.29, 1.82) is 0 Å². The molecule has 272 valence electrons. The molecule has 1 aromatic heterocycles. The largest absolute Gasteiger partial charge is 0.490 e. The van der Waals surface area contributed by atoms with Crippen LogP contribution in [0.25, 0.3) is 11.1 Å². The van der Waals surface area contributed by atoms with Crippen LogP contribution in [0.1, 0.15) is 36.8 Å². The van der Waals surface area contributed by atoms with Gasteiger partial charge in [0.05, 0.1) is 60.8 Å². The lowest BCUT2D eigenvalue weighted by Gasteiger charge is -2.25. The number of amides is 2. The summed E-state index contributed by atoms with van der Waals surface area (Å²) in [7, 11) is -1.38. The van der Waals surface area contributed by atoms with Crippen molar-refractivity contribution >= 4 is 28.4 Å². The maximum Gasteiger partial charge on any atom is 0.314 e. The van der Waals surface area contributed by atoms with Crippen molar-refractivity contribution < 1.29 is 48.7 Å². The molecule has 0 spiro atoms. The van der Waals surface area contributed by atoms with E-state index in [4.69, 9.17) is 30.9 Å². The molecule has 2 amide bonds. The van der Waals surface area contributed by atoms with Gasteiger partial charge in [-0.25, -0.2) is 4.79 Å². The second kappa shape index (κ2) is 17.8. The fourth-order valence-electron chi connectivity index (χ4n) is 5.31. The van der Waals surface area contributed by atoms with Crippen molar-refractivity contribution in [3.05, 3.63) is 77.1 Å². The van der Waals surface area contributed by atoms with E-state index in [9.17, 15) is 29.4 Å². The van der Waals surface area contributed by atoms with Gasteiger partial charge in [0.1, 0.15) is 24.1 Å². The van der Waals surface area contributed by atoms with E-state index in [2.05, 4.69) is 21.7 Å². The van der Waals surface area contributed by atoms with Crippen LogP contribution in [0.3, 0.4) is 0 Å². The van der Waals surface area contributed by atoms with Crippen molar-refractivity contribution in [2.45, 2.75) is 73.3 Å². The molecule has 2 aliphatic carbocycles. The number of carbonyl (C=O) groups is 1. The Morgan fingerprint density at radius 2 is 1.76 bits per heavy atom. The molecule has 0 saturated heterocycles. The van der Waals surface area contributed by atoms with Crippen LogP contribution in [0.15, 0.2) is 65.8 Å². The van der Waals surface area contributed by atoms with E-state index in [0.717, 1.165) is 53.7 Å². The van der Waals surface area contributed by atoms with E-state index in [1.165, 1.54) is 0 Å². The Balaban J connectivity index is 1.07. The third-order valence-corrected chi connectivity index (χ3v) is 10.2. The standard InChI is InChI=1S/C35H44ClN3O10S/c36-28-8-7-24(50(46)16-15-47-14-13-38-34(45)39-19-29(41)32(43)33(44)30(42)20-40)17-22(28)21-48-35(10-11-35)27-18-37-12-9-25(27)26-3-1-2-4-31(26)49-23-5-6-23/h1-4,7-9,12,17-18,23,29-30,32-33,40-44H,5-6,10-11,13-16,19-21H2,(H2,38,39,45)/t29-,30+,32+,33+,50?/m0/s1. The van der Waals surface area contributed by atoms with Crippen LogP contribution < -0.4 is 15.4 Å². The molecule has 0 bridgehead atoms. The number of nitrogens with zero attached hydrogens (tertiary/aromatic N) is 1. The summed E-state index contributed by atoms with van der Waals surface area (Å²) in [5.74, 6) is 1.07. The summed E-state index contributed by atoms with van der Waals surface area (Å²) in [6.45, 7) is -0.573. The van der Waals surface area contributed by atoms with Crippen LogP contribution in [-0.4, -0.2) is 110 Å². The fourth-order valence-corrected chi connectivity index (χ4v) is 6.48. The zero-order valence-electron chi connectivity index (χ0n) is 27.4. The Bertz CT molecular complexity index is 1610. The molecule has 1 heterocycles. The fraction of sp³-hybridized carbons (Fsp3) is 0.486. The van der Waals surface area contributed by atoms with E-state index in [-0.39, 0.29) is 38.2 Å². The first kappa shape index (κ1) is 38.1. The third-order valence-electron chi connectivity index (χ3n) is 8.54. The van der Waals surface area contributed by atoms with E-state index < -0.39 is 60.0 Å². The van der Waals surface area contributed by atoms with Crippen molar-refractivity contribution in [2.75, 3.05) is 38.7 Å². The molecule has 2 aliphatic rings. The number of rotatable bonds is 20. The highest BCUT2D eigenvalue weighted by Gasteiger charge is 2.48. The van der Waals surface area contributed by atoms with Gasteiger partial charge in [0, 0.05) is 46.5 Å². The normalized spacial score (nSPS) is 18.0. The van der Waals surface area contributed by atoms with Gasteiger partial charge >= 0.3 is 6.03 Å². The molecular formula is C35H44ClN3O10S. The second-order valence-electron chi connectivity index (χ2n) is 12.4. The lowest BCUT2D eigenvalue weighted by atomic mass is 9.96. The summed E-state index contributed by atoms with van der Waals surface area (Å²) in [5.41, 5.74) is 3.24. The monoisotopic (exact) mass is 733 g/mol. The predicted octanol–water partition coefficient (Wildman–Crippen LogP) is 2.01. The molecule has 3 aromatic rings. The molecule has 50 heavy (non-hydrogen) atoms. The molecule has 0 aliphatic heterocycles. The number of aliphatic hydroxyl groups excluding tert-OH is 5. The van der Waals surface area contributed by atoms with Crippen molar-refractivity contribution in [1.82, 2.24) is 15.6 Å². The van der Waals surface area contributed by atoms with E-state index in [1.807, 2.05) is 30.5 Å². The molecule has 13 nitrogen and oxygen atoms in total. The number of hydrogen-bond acceptors (Lipinski definition) is 11. The number of urea groups is 1. The highest BCUT2D eigenvalue weighted by molar-refractivity contribution is 7.85. The van der Waals surface area contributed by atoms with Gasteiger partial charge in [-0.05, 0) is 67.1 Å². The summed E-state index contributed by atoms with van der Waals surface area (Å²) >= 11 is 6.54. The zero-order valence-corrected chi connectivity index (χ0v) is 29.0. The van der Waals surface area contributed by atoms with E-state index >= 15 is 0 Å². The highest BCUT2D eigenvalue weighted by Crippen LogP contribution is 2.53. The first-order chi connectivity index (χ1) is 24.1. The minimum Gasteiger partial charge on any atom is -0.490 e. The number of aromatic nitrogens is 1. The van der Waals surface area contributed by atoms with Crippen LogP contribution >= 0.6 is 11.6 Å². The third kappa shape index (κ3) is 10.2. The summed E-state index contributed by atoms with van der Waals surface area (Å²) in [6.07, 6.45) is 0.937. The number of para-hydroxylation sites is 1. The summed E-state index contributed by atoms with van der Waals surface area (Å²) in [6, 6.07) is 14.6. The molecule has 15 heteroatoms. The number of carbonyl (C=O) groups excluding carboxylic acids is 1. The van der Waals surface area contributed by atoms with Gasteiger partial charge in [-0.1, -0.05) is 29.8 Å². The molecule has 2 aromatic carbocycles. The summed E-state index contributed by atoms with van der Waals surface area (Å²) in [4.78, 5) is 17.0. The predicted molar refractivity (Wildman–Crippen MR) is 185 cm³/mol. The van der Waals surface area contributed by atoms with Gasteiger partial charge in [-0.3, -0.25) is 9.19 Å². The lowest BCUT2D eigenvalue weighted by molar-refractivity contribution is -0.113. The Labute approximate surface area is 298 Å². The molecule has 7 N–H and O–H groups in total. The lowest BCUT2D eigenvalue weighted by Crippen LogP contribution is -2.50. The van der Waals surface area contributed by atoms with Crippen LogP contribution in [0.4, 0.5) is 4.79 Å². The number of halogens is 1. The number of ether oxygens (including phenoxy) is 3.